The smallest absolute Gasteiger partial charge is 0.229 e. The van der Waals surface area contributed by atoms with Gasteiger partial charge in [0.15, 0.2) is 0 Å². The van der Waals surface area contributed by atoms with Crippen molar-refractivity contribution in [1.82, 2.24) is 4.90 Å². The molecule has 0 unspecified atom stereocenters. The zero-order valence-electron chi connectivity index (χ0n) is 19.0. The molecular weight excluding hydrogens is 424 g/mol. The van der Waals surface area contributed by atoms with E-state index in [4.69, 9.17) is 4.74 Å². The van der Waals surface area contributed by atoms with Gasteiger partial charge in [-0.3, -0.25) is 9.59 Å². The number of rotatable bonds is 6. The third-order valence-electron chi connectivity index (χ3n) is 6.36. The van der Waals surface area contributed by atoms with Gasteiger partial charge in [0, 0.05) is 18.7 Å². The molecule has 2 atom stereocenters. The van der Waals surface area contributed by atoms with Crippen LogP contribution < -0.4 is 10.1 Å². The number of hydrogen-bond acceptors (Lipinski definition) is 3. The number of ether oxygens (including phenoxy) is 1. The van der Waals surface area contributed by atoms with E-state index in [9.17, 15) is 9.59 Å². The Bertz CT molecular complexity index is 1320. The first-order chi connectivity index (χ1) is 16.6. The van der Waals surface area contributed by atoms with Gasteiger partial charge in [-0.15, -0.1) is 0 Å². The van der Waals surface area contributed by atoms with Crippen molar-refractivity contribution in [1.29, 1.82) is 0 Å². The number of hydrogen-bond donors (Lipinski definition) is 1. The molecule has 0 aromatic heterocycles. The Labute approximate surface area is 199 Å². The van der Waals surface area contributed by atoms with Crippen LogP contribution in [0.5, 0.6) is 11.5 Å². The highest BCUT2D eigenvalue weighted by atomic mass is 16.5. The normalized spacial score (nSPS) is 16.4. The Balaban J connectivity index is 1.20. The number of benzene rings is 4. The quantitative estimate of drug-likeness (QED) is 0.382. The fourth-order valence-electron chi connectivity index (χ4n) is 4.41. The molecule has 1 heterocycles. The molecule has 0 bridgehead atoms. The molecule has 5 rings (SSSR count). The van der Waals surface area contributed by atoms with E-state index in [1.54, 1.807) is 4.90 Å². The minimum absolute atomic E-state index is 0.00985. The van der Waals surface area contributed by atoms with E-state index < -0.39 is 0 Å². The van der Waals surface area contributed by atoms with Crippen LogP contribution in [0.15, 0.2) is 97.1 Å². The summed E-state index contributed by atoms with van der Waals surface area (Å²) in [5.41, 5.74) is 1.75. The Kier molecular flexibility index (Phi) is 6.00. The Morgan fingerprint density at radius 3 is 2.32 bits per heavy atom. The molecule has 0 radical (unpaired) electrons. The van der Waals surface area contributed by atoms with E-state index >= 15 is 0 Å². The predicted molar refractivity (Wildman–Crippen MR) is 134 cm³/mol. The van der Waals surface area contributed by atoms with Gasteiger partial charge >= 0.3 is 0 Å². The van der Waals surface area contributed by atoms with Crippen molar-refractivity contribution >= 4 is 28.3 Å². The molecular formula is C29H26N2O3. The molecule has 2 amide bonds. The topological polar surface area (TPSA) is 58.6 Å². The standard InChI is InChI=1S/C29H26N2O3/c1-20(21-7-3-2-4-8-21)31-19-24(18-28(31)32)29(33)30-25-12-15-26(16-13-25)34-27-14-11-22-9-5-6-10-23(22)17-27/h2-17,20,24H,18-19H2,1H3,(H,30,33)/t20-,24-/m1/s1. The van der Waals surface area contributed by atoms with Crippen LogP contribution >= 0.6 is 0 Å². The summed E-state index contributed by atoms with van der Waals surface area (Å²) >= 11 is 0. The molecule has 1 fully saturated rings. The van der Waals surface area contributed by atoms with Crippen molar-refractivity contribution in [3.8, 4) is 11.5 Å². The summed E-state index contributed by atoms with van der Waals surface area (Å²) in [5.74, 6) is 0.946. The first kappa shape index (κ1) is 21.7. The van der Waals surface area contributed by atoms with Crippen molar-refractivity contribution in [2.45, 2.75) is 19.4 Å². The van der Waals surface area contributed by atoms with Gasteiger partial charge in [0.1, 0.15) is 11.5 Å². The molecule has 1 aliphatic rings. The lowest BCUT2D eigenvalue weighted by atomic mass is 10.1. The van der Waals surface area contributed by atoms with E-state index in [2.05, 4.69) is 17.4 Å². The first-order valence-corrected chi connectivity index (χ1v) is 11.5. The summed E-state index contributed by atoms with van der Waals surface area (Å²) in [7, 11) is 0. The first-order valence-electron chi connectivity index (χ1n) is 11.5. The minimum Gasteiger partial charge on any atom is -0.457 e. The van der Waals surface area contributed by atoms with Crippen molar-refractivity contribution in [3.63, 3.8) is 0 Å². The number of carbonyl (C=O) groups is 2. The molecule has 4 aromatic rings. The Hall–Kier alpha value is -4.12. The second-order valence-electron chi connectivity index (χ2n) is 8.66. The maximum Gasteiger partial charge on any atom is 0.229 e. The SMILES string of the molecule is C[C@H](c1ccccc1)N1C[C@H](C(=O)Nc2ccc(Oc3ccc4ccccc4c3)cc2)CC1=O. The fourth-order valence-corrected chi connectivity index (χ4v) is 4.41. The molecule has 0 spiro atoms. The predicted octanol–water partition coefficient (Wildman–Crippen LogP) is 6.18. The van der Waals surface area contributed by atoms with Crippen LogP contribution in [0.2, 0.25) is 0 Å². The summed E-state index contributed by atoms with van der Waals surface area (Å²) in [5, 5.41) is 5.22. The van der Waals surface area contributed by atoms with Crippen LogP contribution in [-0.4, -0.2) is 23.3 Å². The van der Waals surface area contributed by atoms with Gasteiger partial charge in [0.2, 0.25) is 11.8 Å². The van der Waals surface area contributed by atoms with Gasteiger partial charge < -0.3 is 15.0 Å². The lowest BCUT2D eigenvalue weighted by Crippen LogP contribution is -2.30. The van der Waals surface area contributed by atoms with Gasteiger partial charge in [-0.25, -0.2) is 0 Å². The average molecular weight is 451 g/mol. The molecule has 1 aliphatic heterocycles. The second kappa shape index (κ2) is 9.40. The number of likely N-dealkylation sites (tertiary alicyclic amines) is 1. The van der Waals surface area contributed by atoms with Crippen molar-refractivity contribution < 1.29 is 14.3 Å². The molecule has 1 N–H and O–H groups in total. The summed E-state index contributed by atoms with van der Waals surface area (Å²) in [4.78, 5) is 27.2. The van der Waals surface area contributed by atoms with Crippen LogP contribution in [0.4, 0.5) is 5.69 Å². The lowest BCUT2D eigenvalue weighted by Gasteiger charge is -2.25. The van der Waals surface area contributed by atoms with Crippen LogP contribution in [0.3, 0.4) is 0 Å². The zero-order valence-corrected chi connectivity index (χ0v) is 19.0. The maximum absolute atomic E-state index is 12.8. The molecule has 5 heteroatoms. The van der Waals surface area contributed by atoms with E-state index in [1.807, 2.05) is 91.9 Å². The number of nitrogens with zero attached hydrogens (tertiary/aromatic N) is 1. The highest BCUT2D eigenvalue weighted by Crippen LogP contribution is 2.30. The zero-order chi connectivity index (χ0) is 23.5. The highest BCUT2D eigenvalue weighted by Gasteiger charge is 2.37. The van der Waals surface area contributed by atoms with Crippen molar-refractivity contribution in [3.05, 3.63) is 103 Å². The molecule has 34 heavy (non-hydrogen) atoms. The van der Waals surface area contributed by atoms with Crippen molar-refractivity contribution in [2.24, 2.45) is 5.92 Å². The Morgan fingerprint density at radius 2 is 1.56 bits per heavy atom. The number of nitrogens with one attached hydrogen (secondary N) is 1. The third-order valence-corrected chi connectivity index (χ3v) is 6.36. The lowest BCUT2D eigenvalue weighted by molar-refractivity contribution is -0.129. The second-order valence-corrected chi connectivity index (χ2v) is 8.66. The number of carbonyl (C=O) groups excluding carboxylic acids is 2. The van der Waals surface area contributed by atoms with E-state index in [0.29, 0.717) is 18.0 Å². The van der Waals surface area contributed by atoms with Gasteiger partial charge in [-0.2, -0.15) is 0 Å². The van der Waals surface area contributed by atoms with Crippen LogP contribution in [0.1, 0.15) is 24.9 Å². The molecule has 4 aromatic carbocycles. The fraction of sp³-hybridized carbons (Fsp3) is 0.172. The molecule has 170 valence electrons. The molecule has 0 aliphatic carbocycles. The summed E-state index contributed by atoms with van der Waals surface area (Å²) < 4.78 is 5.98. The highest BCUT2D eigenvalue weighted by molar-refractivity contribution is 5.97. The monoisotopic (exact) mass is 450 g/mol. The van der Waals surface area contributed by atoms with Gasteiger partial charge in [-0.05, 0) is 59.7 Å². The summed E-state index contributed by atoms with van der Waals surface area (Å²) in [6, 6.07) is 31.2. The van der Waals surface area contributed by atoms with Crippen LogP contribution in [-0.2, 0) is 9.59 Å². The van der Waals surface area contributed by atoms with Gasteiger partial charge in [-0.1, -0.05) is 60.7 Å². The number of anilines is 1. The third kappa shape index (κ3) is 4.64. The van der Waals surface area contributed by atoms with Gasteiger partial charge in [0.25, 0.3) is 0 Å². The Morgan fingerprint density at radius 1 is 0.882 bits per heavy atom. The van der Waals surface area contributed by atoms with E-state index in [0.717, 1.165) is 22.1 Å². The summed E-state index contributed by atoms with van der Waals surface area (Å²) in [6.07, 6.45) is 0.228. The van der Waals surface area contributed by atoms with Crippen molar-refractivity contribution in [2.75, 3.05) is 11.9 Å². The maximum atomic E-state index is 12.8. The molecule has 1 saturated heterocycles. The minimum atomic E-state index is -0.368. The number of amides is 2. The molecule has 5 nitrogen and oxygen atoms in total. The van der Waals surface area contributed by atoms with Crippen LogP contribution in [0, 0.1) is 5.92 Å². The average Bonchev–Trinajstić information content (AvgIpc) is 3.27. The van der Waals surface area contributed by atoms with E-state index in [1.165, 1.54) is 0 Å². The van der Waals surface area contributed by atoms with E-state index in [-0.39, 0.29) is 30.2 Å². The van der Waals surface area contributed by atoms with Gasteiger partial charge in [0.05, 0.1) is 12.0 Å². The van der Waals surface area contributed by atoms with Crippen LogP contribution in [0.25, 0.3) is 10.8 Å². The largest absolute Gasteiger partial charge is 0.457 e. The molecule has 0 saturated carbocycles. The number of fused-ring (bicyclic) bond motifs is 1. The summed E-state index contributed by atoms with van der Waals surface area (Å²) in [6.45, 7) is 2.42.